The second kappa shape index (κ2) is 6.45. The van der Waals surface area contributed by atoms with Crippen LogP contribution in [0, 0.1) is 0 Å². The van der Waals surface area contributed by atoms with Crippen molar-refractivity contribution in [2.45, 2.75) is 13.0 Å². The van der Waals surface area contributed by atoms with Crippen molar-refractivity contribution in [3.05, 3.63) is 60.4 Å². The molecule has 0 fully saturated rings. The Balaban J connectivity index is 2.11. The third-order valence-corrected chi connectivity index (χ3v) is 3.60. The highest BCUT2D eigenvalue weighted by molar-refractivity contribution is 6.05. The number of rotatable bonds is 4. The first-order chi connectivity index (χ1) is 11.6. The molecule has 0 unspecified atom stereocenters. The van der Waals surface area contributed by atoms with E-state index in [2.05, 4.69) is 9.97 Å². The van der Waals surface area contributed by atoms with Gasteiger partial charge in [-0.25, -0.2) is 9.78 Å². The van der Waals surface area contributed by atoms with E-state index in [1.54, 1.807) is 36.7 Å². The zero-order valence-corrected chi connectivity index (χ0v) is 13.0. The number of ether oxygens (including phenoxy) is 1. The first-order valence-corrected chi connectivity index (χ1v) is 7.37. The Morgan fingerprint density at radius 1 is 1.12 bits per heavy atom. The van der Waals surface area contributed by atoms with E-state index in [0.29, 0.717) is 22.2 Å². The van der Waals surface area contributed by atoms with Crippen LogP contribution in [0.25, 0.3) is 22.2 Å². The van der Waals surface area contributed by atoms with E-state index in [9.17, 15) is 9.59 Å². The van der Waals surface area contributed by atoms with Crippen molar-refractivity contribution >= 4 is 22.8 Å². The van der Waals surface area contributed by atoms with Crippen LogP contribution in [0.5, 0.6) is 0 Å². The van der Waals surface area contributed by atoms with Gasteiger partial charge in [0.2, 0.25) is 0 Å². The van der Waals surface area contributed by atoms with Crippen LogP contribution in [0.3, 0.4) is 0 Å². The fraction of sp³-hybridized carbons (Fsp3) is 0.111. The summed E-state index contributed by atoms with van der Waals surface area (Å²) in [5, 5.41) is 0.650. The van der Waals surface area contributed by atoms with Gasteiger partial charge in [-0.2, -0.15) is 0 Å². The summed E-state index contributed by atoms with van der Waals surface area (Å²) in [6.07, 6.45) is 2.30. The van der Waals surface area contributed by atoms with Crippen LogP contribution in [0.15, 0.2) is 54.9 Å². The van der Waals surface area contributed by atoms with Crippen molar-refractivity contribution < 1.29 is 14.3 Å². The van der Waals surface area contributed by atoms with Gasteiger partial charge < -0.3 is 10.5 Å². The lowest BCUT2D eigenvalue weighted by Gasteiger charge is -2.12. The average Bonchev–Trinajstić information content (AvgIpc) is 2.61. The standard InChI is InChI=1S/C18H15N3O3/c1-11(17(19)22)24-18(23)14-10-16(12-6-8-20-9-7-12)21-15-5-3-2-4-13(14)15/h2-11H,1H3,(H2,19,22)/t11-/m0/s1. The minimum Gasteiger partial charge on any atom is -0.449 e. The van der Waals surface area contributed by atoms with Crippen LogP contribution >= 0.6 is 0 Å². The Morgan fingerprint density at radius 2 is 1.83 bits per heavy atom. The number of carbonyl (C=O) groups is 2. The lowest BCUT2D eigenvalue weighted by molar-refractivity contribution is -0.125. The molecule has 120 valence electrons. The van der Waals surface area contributed by atoms with Gasteiger partial charge in [0.25, 0.3) is 5.91 Å². The highest BCUT2D eigenvalue weighted by Gasteiger charge is 2.19. The number of nitrogens with two attached hydrogens (primary N) is 1. The second-order valence-electron chi connectivity index (χ2n) is 5.26. The molecule has 3 aromatic rings. The van der Waals surface area contributed by atoms with Gasteiger partial charge in [0.05, 0.1) is 16.8 Å². The number of para-hydroxylation sites is 1. The summed E-state index contributed by atoms with van der Waals surface area (Å²) >= 11 is 0. The smallest absolute Gasteiger partial charge is 0.339 e. The van der Waals surface area contributed by atoms with Gasteiger partial charge in [-0.05, 0) is 31.2 Å². The predicted octanol–water partition coefficient (Wildman–Crippen LogP) is 2.33. The maximum absolute atomic E-state index is 12.5. The monoisotopic (exact) mass is 321 g/mol. The fourth-order valence-corrected chi connectivity index (χ4v) is 2.30. The largest absolute Gasteiger partial charge is 0.449 e. The van der Waals surface area contributed by atoms with Gasteiger partial charge in [-0.3, -0.25) is 9.78 Å². The molecule has 6 heteroatoms. The van der Waals surface area contributed by atoms with Gasteiger partial charge in [-0.1, -0.05) is 18.2 Å². The molecule has 1 atom stereocenters. The molecule has 2 N–H and O–H groups in total. The first kappa shape index (κ1) is 15.6. The summed E-state index contributed by atoms with van der Waals surface area (Å²) in [6, 6.07) is 12.5. The minimum absolute atomic E-state index is 0.334. The lowest BCUT2D eigenvalue weighted by Crippen LogP contribution is -2.30. The van der Waals surface area contributed by atoms with Crippen LogP contribution in [0.4, 0.5) is 0 Å². The van der Waals surface area contributed by atoms with Crippen LogP contribution in [0.2, 0.25) is 0 Å². The highest BCUT2D eigenvalue weighted by Crippen LogP contribution is 2.25. The summed E-state index contributed by atoms with van der Waals surface area (Å²) in [6.45, 7) is 1.44. The number of benzene rings is 1. The molecule has 2 heterocycles. The van der Waals surface area contributed by atoms with E-state index < -0.39 is 18.0 Å². The van der Waals surface area contributed by atoms with Crippen molar-refractivity contribution in [3.63, 3.8) is 0 Å². The number of carbonyl (C=O) groups excluding carboxylic acids is 2. The number of pyridine rings is 2. The number of fused-ring (bicyclic) bond motifs is 1. The topological polar surface area (TPSA) is 95.2 Å². The Morgan fingerprint density at radius 3 is 2.54 bits per heavy atom. The van der Waals surface area contributed by atoms with E-state index in [4.69, 9.17) is 10.5 Å². The third kappa shape index (κ3) is 3.08. The van der Waals surface area contributed by atoms with Crippen molar-refractivity contribution in [1.29, 1.82) is 0 Å². The number of amides is 1. The third-order valence-electron chi connectivity index (χ3n) is 3.60. The molecule has 0 radical (unpaired) electrons. The molecule has 6 nitrogen and oxygen atoms in total. The molecule has 24 heavy (non-hydrogen) atoms. The SMILES string of the molecule is C[C@H](OC(=O)c1cc(-c2ccncc2)nc2ccccc12)C(N)=O. The van der Waals surface area contributed by atoms with Crippen molar-refractivity contribution in [1.82, 2.24) is 9.97 Å². The number of hydrogen-bond donors (Lipinski definition) is 1. The lowest BCUT2D eigenvalue weighted by atomic mass is 10.0. The van der Waals surface area contributed by atoms with Crippen molar-refractivity contribution in [2.24, 2.45) is 5.73 Å². The van der Waals surface area contributed by atoms with Crippen molar-refractivity contribution in [3.8, 4) is 11.3 Å². The quantitative estimate of drug-likeness (QED) is 0.744. The van der Waals surface area contributed by atoms with E-state index in [1.165, 1.54) is 6.92 Å². The number of hydrogen-bond acceptors (Lipinski definition) is 5. The molecule has 1 amide bonds. The fourth-order valence-electron chi connectivity index (χ4n) is 2.30. The zero-order valence-electron chi connectivity index (χ0n) is 13.0. The van der Waals surface area contributed by atoms with Crippen LogP contribution in [-0.4, -0.2) is 27.9 Å². The minimum atomic E-state index is -1.01. The normalized spacial score (nSPS) is 11.9. The summed E-state index contributed by atoms with van der Waals surface area (Å²) in [4.78, 5) is 32.2. The van der Waals surface area contributed by atoms with Gasteiger partial charge >= 0.3 is 5.97 Å². The molecule has 0 aliphatic rings. The number of aromatic nitrogens is 2. The number of nitrogens with zero attached hydrogens (tertiary/aromatic N) is 2. The molecular weight excluding hydrogens is 306 g/mol. The molecule has 0 saturated heterocycles. The molecule has 0 bridgehead atoms. The molecule has 3 rings (SSSR count). The van der Waals surface area contributed by atoms with Gasteiger partial charge in [-0.15, -0.1) is 0 Å². The maximum Gasteiger partial charge on any atom is 0.339 e. The highest BCUT2D eigenvalue weighted by atomic mass is 16.5. The van der Waals surface area contributed by atoms with Crippen molar-refractivity contribution in [2.75, 3.05) is 0 Å². The van der Waals surface area contributed by atoms with Crippen LogP contribution in [-0.2, 0) is 9.53 Å². The molecule has 0 spiro atoms. The molecule has 0 saturated carbocycles. The van der Waals surface area contributed by atoms with Gasteiger partial charge in [0.1, 0.15) is 0 Å². The summed E-state index contributed by atoms with van der Waals surface area (Å²) in [5.41, 5.74) is 7.60. The summed E-state index contributed by atoms with van der Waals surface area (Å²) < 4.78 is 5.14. The Kier molecular flexibility index (Phi) is 4.20. The van der Waals surface area contributed by atoms with E-state index in [-0.39, 0.29) is 0 Å². The van der Waals surface area contributed by atoms with E-state index in [1.807, 2.05) is 18.2 Å². The molecule has 0 aliphatic heterocycles. The molecule has 0 aliphatic carbocycles. The molecule has 1 aromatic carbocycles. The zero-order chi connectivity index (χ0) is 17.1. The van der Waals surface area contributed by atoms with E-state index >= 15 is 0 Å². The number of primary amides is 1. The number of esters is 1. The first-order valence-electron chi connectivity index (χ1n) is 7.37. The van der Waals surface area contributed by atoms with Gasteiger partial charge in [0.15, 0.2) is 6.10 Å². The predicted molar refractivity (Wildman–Crippen MR) is 89.0 cm³/mol. The van der Waals surface area contributed by atoms with Crippen LogP contribution < -0.4 is 5.73 Å². The molecule has 2 aromatic heterocycles. The Bertz CT molecular complexity index is 910. The summed E-state index contributed by atoms with van der Waals surface area (Å²) in [7, 11) is 0. The Labute approximate surface area is 138 Å². The molecular formula is C18H15N3O3. The summed E-state index contributed by atoms with van der Waals surface area (Å²) in [5.74, 6) is -1.31. The van der Waals surface area contributed by atoms with E-state index in [0.717, 1.165) is 5.56 Å². The Hall–Kier alpha value is -3.28. The van der Waals surface area contributed by atoms with Gasteiger partial charge in [0, 0.05) is 23.3 Å². The average molecular weight is 321 g/mol. The maximum atomic E-state index is 12.5. The second-order valence-corrected chi connectivity index (χ2v) is 5.26. The van der Waals surface area contributed by atoms with Crippen LogP contribution in [0.1, 0.15) is 17.3 Å².